The third-order valence-electron chi connectivity index (χ3n) is 4.80. The van der Waals surface area contributed by atoms with Gasteiger partial charge >= 0.3 is 0 Å². The molecule has 0 aliphatic heterocycles. The summed E-state index contributed by atoms with van der Waals surface area (Å²) in [6.07, 6.45) is 1.71. The summed E-state index contributed by atoms with van der Waals surface area (Å²) in [6.45, 7) is 6.17. The molecule has 0 aliphatic carbocycles. The summed E-state index contributed by atoms with van der Waals surface area (Å²) in [5.74, 6) is 1.72. The molecule has 0 saturated heterocycles. The fourth-order valence-electron chi connectivity index (χ4n) is 3.09. The van der Waals surface area contributed by atoms with Gasteiger partial charge in [-0.2, -0.15) is 4.98 Å². The molecule has 0 atom stereocenters. The highest BCUT2D eigenvalue weighted by molar-refractivity contribution is 7.98. The standard InChI is InChI=1S/C22H22N4O2S/c1-4-7-20-24-19(25-28-20)13-29-22-23-18-9-6-5-8-17(18)21(27)26(22)16-11-10-14(2)15(3)12-16/h5-6,8-12H,4,7,13H2,1-3H3. The molecule has 0 unspecified atom stereocenters. The molecule has 4 rings (SSSR count). The minimum atomic E-state index is -0.0823. The second kappa shape index (κ2) is 8.21. The summed E-state index contributed by atoms with van der Waals surface area (Å²) in [6, 6.07) is 13.4. The molecule has 7 heteroatoms. The number of nitrogens with zero attached hydrogens (tertiary/aromatic N) is 4. The normalized spacial score (nSPS) is 11.3. The van der Waals surface area contributed by atoms with E-state index in [1.54, 1.807) is 4.57 Å². The highest BCUT2D eigenvalue weighted by Gasteiger charge is 2.15. The van der Waals surface area contributed by atoms with Crippen LogP contribution in [0.15, 0.2) is 56.9 Å². The molecule has 2 aromatic heterocycles. The fraction of sp³-hybridized carbons (Fsp3) is 0.273. The van der Waals surface area contributed by atoms with Gasteiger partial charge in [0, 0.05) is 6.42 Å². The molecule has 2 heterocycles. The Morgan fingerprint density at radius 3 is 2.69 bits per heavy atom. The van der Waals surface area contributed by atoms with Crippen LogP contribution in [0.25, 0.3) is 16.6 Å². The van der Waals surface area contributed by atoms with Crippen LogP contribution in [0.2, 0.25) is 0 Å². The van der Waals surface area contributed by atoms with E-state index in [2.05, 4.69) is 24.0 Å². The Morgan fingerprint density at radius 1 is 1.07 bits per heavy atom. The van der Waals surface area contributed by atoms with E-state index < -0.39 is 0 Å². The van der Waals surface area contributed by atoms with Gasteiger partial charge in [0.15, 0.2) is 11.0 Å². The van der Waals surface area contributed by atoms with Crippen LogP contribution in [0.5, 0.6) is 0 Å². The lowest BCUT2D eigenvalue weighted by Crippen LogP contribution is -2.22. The lowest BCUT2D eigenvalue weighted by atomic mass is 10.1. The number of thioether (sulfide) groups is 1. The predicted octanol–water partition coefficient (Wildman–Crippen LogP) is 4.63. The first-order valence-corrected chi connectivity index (χ1v) is 10.6. The number of para-hydroxylation sites is 1. The highest BCUT2D eigenvalue weighted by Crippen LogP contribution is 2.25. The molecule has 29 heavy (non-hydrogen) atoms. The molecule has 4 aromatic rings. The van der Waals surface area contributed by atoms with E-state index in [4.69, 9.17) is 9.51 Å². The number of hydrogen-bond donors (Lipinski definition) is 0. The van der Waals surface area contributed by atoms with E-state index in [0.29, 0.717) is 33.5 Å². The Morgan fingerprint density at radius 2 is 1.90 bits per heavy atom. The van der Waals surface area contributed by atoms with Crippen molar-refractivity contribution in [1.82, 2.24) is 19.7 Å². The lowest BCUT2D eigenvalue weighted by Gasteiger charge is -2.14. The van der Waals surface area contributed by atoms with Gasteiger partial charge in [0.1, 0.15) is 0 Å². The fourth-order valence-corrected chi connectivity index (χ4v) is 3.95. The molecule has 0 bridgehead atoms. The third-order valence-corrected chi connectivity index (χ3v) is 5.73. The zero-order valence-electron chi connectivity index (χ0n) is 16.7. The summed E-state index contributed by atoms with van der Waals surface area (Å²) >= 11 is 1.43. The highest BCUT2D eigenvalue weighted by atomic mass is 32.2. The minimum absolute atomic E-state index is 0.0823. The first kappa shape index (κ1) is 19.4. The zero-order valence-corrected chi connectivity index (χ0v) is 17.5. The maximum atomic E-state index is 13.3. The van der Waals surface area contributed by atoms with Gasteiger partial charge in [-0.15, -0.1) is 0 Å². The summed E-state index contributed by atoms with van der Waals surface area (Å²) in [5, 5.41) is 5.25. The Bertz CT molecular complexity index is 1230. The van der Waals surface area contributed by atoms with Crippen LogP contribution in [-0.4, -0.2) is 19.7 Å². The zero-order chi connectivity index (χ0) is 20.4. The maximum absolute atomic E-state index is 13.3. The number of rotatable bonds is 6. The molecule has 0 fully saturated rings. The number of aromatic nitrogens is 4. The van der Waals surface area contributed by atoms with Crippen molar-refractivity contribution in [3.63, 3.8) is 0 Å². The minimum Gasteiger partial charge on any atom is -0.339 e. The first-order chi connectivity index (χ1) is 14.1. The van der Waals surface area contributed by atoms with Gasteiger partial charge in [0.2, 0.25) is 5.89 Å². The van der Waals surface area contributed by atoms with Gasteiger partial charge in [-0.05, 0) is 55.7 Å². The summed E-state index contributed by atoms with van der Waals surface area (Å²) in [4.78, 5) is 22.5. The van der Waals surface area contributed by atoms with Crippen LogP contribution in [-0.2, 0) is 12.2 Å². The molecule has 0 aliphatic rings. The van der Waals surface area contributed by atoms with Gasteiger partial charge in [0.25, 0.3) is 5.56 Å². The number of benzene rings is 2. The van der Waals surface area contributed by atoms with Crippen LogP contribution in [0, 0.1) is 13.8 Å². The van der Waals surface area contributed by atoms with Gasteiger partial charge < -0.3 is 4.52 Å². The molecule has 148 valence electrons. The van der Waals surface area contributed by atoms with Crippen molar-refractivity contribution in [2.24, 2.45) is 0 Å². The summed E-state index contributed by atoms with van der Waals surface area (Å²) < 4.78 is 6.94. The predicted molar refractivity (Wildman–Crippen MR) is 115 cm³/mol. The molecule has 2 aromatic carbocycles. The molecule has 0 N–H and O–H groups in total. The number of hydrogen-bond acceptors (Lipinski definition) is 6. The van der Waals surface area contributed by atoms with Crippen molar-refractivity contribution in [3.05, 3.63) is 75.7 Å². The SMILES string of the molecule is CCCc1nc(CSc2nc3ccccc3c(=O)n2-c2ccc(C)c(C)c2)no1. The van der Waals surface area contributed by atoms with E-state index in [1.165, 1.54) is 17.3 Å². The van der Waals surface area contributed by atoms with E-state index in [1.807, 2.05) is 49.4 Å². The van der Waals surface area contributed by atoms with Crippen molar-refractivity contribution >= 4 is 22.7 Å². The Kier molecular flexibility index (Phi) is 5.49. The van der Waals surface area contributed by atoms with Crippen molar-refractivity contribution in [1.29, 1.82) is 0 Å². The van der Waals surface area contributed by atoms with Gasteiger partial charge in [-0.1, -0.05) is 42.0 Å². The van der Waals surface area contributed by atoms with Crippen LogP contribution < -0.4 is 5.56 Å². The lowest BCUT2D eigenvalue weighted by molar-refractivity contribution is 0.373. The van der Waals surface area contributed by atoms with Crippen molar-refractivity contribution in [2.45, 2.75) is 44.5 Å². The smallest absolute Gasteiger partial charge is 0.266 e. The molecule has 0 saturated carbocycles. The molecule has 0 amide bonds. The Hall–Kier alpha value is -2.93. The van der Waals surface area contributed by atoms with Crippen molar-refractivity contribution in [2.75, 3.05) is 0 Å². The largest absolute Gasteiger partial charge is 0.339 e. The van der Waals surface area contributed by atoms with E-state index in [0.717, 1.165) is 24.1 Å². The quantitative estimate of drug-likeness (QED) is 0.343. The van der Waals surface area contributed by atoms with Crippen LogP contribution in [0.3, 0.4) is 0 Å². The third kappa shape index (κ3) is 3.96. The van der Waals surface area contributed by atoms with Crippen LogP contribution >= 0.6 is 11.8 Å². The van der Waals surface area contributed by atoms with Gasteiger partial charge in [0.05, 0.1) is 22.3 Å². The Labute approximate surface area is 173 Å². The second-order valence-electron chi connectivity index (χ2n) is 6.96. The van der Waals surface area contributed by atoms with Crippen molar-refractivity contribution in [3.8, 4) is 5.69 Å². The Balaban J connectivity index is 1.78. The second-order valence-corrected chi connectivity index (χ2v) is 7.91. The first-order valence-electron chi connectivity index (χ1n) is 9.60. The molecule has 6 nitrogen and oxygen atoms in total. The summed E-state index contributed by atoms with van der Waals surface area (Å²) in [7, 11) is 0. The van der Waals surface area contributed by atoms with Gasteiger partial charge in [-0.3, -0.25) is 9.36 Å². The van der Waals surface area contributed by atoms with Crippen molar-refractivity contribution < 1.29 is 4.52 Å². The topological polar surface area (TPSA) is 73.8 Å². The van der Waals surface area contributed by atoms with Crippen LogP contribution in [0.4, 0.5) is 0 Å². The average molecular weight is 407 g/mol. The number of fused-ring (bicyclic) bond motifs is 1. The molecular weight excluding hydrogens is 384 g/mol. The monoisotopic (exact) mass is 406 g/mol. The average Bonchev–Trinajstić information content (AvgIpc) is 3.17. The maximum Gasteiger partial charge on any atom is 0.266 e. The number of aryl methyl sites for hydroxylation is 3. The summed E-state index contributed by atoms with van der Waals surface area (Å²) in [5.41, 5.74) is 3.71. The van der Waals surface area contributed by atoms with Crippen LogP contribution in [0.1, 0.15) is 36.2 Å². The molecule has 0 spiro atoms. The van der Waals surface area contributed by atoms with E-state index in [9.17, 15) is 4.79 Å². The van der Waals surface area contributed by atoms with Gasteiger partial charge in [-0.25, -0.2) is 4.98 Å². The van der Waals surface area contributed by atoms with E-state index >= 15 is 0 Å². The van der Waals surface area contributed by atoms with E-state index in [-0.39, 0.29) is 5.56 Å². The molecule has 0 radical (unpaired) electrons. The molecular formula is C22H22N4O2S.